The van der Waals surface area contributed by atoms with Crippen molar-refractivity contribution in [2.45, 2.75) is 106 Å². The van der Waals surface area contributed by atoms with Gasteiger partial charge >= 0.3 is 0 Å². The lowest BCUT2D eigenvalue weighted by Crippen LogP contribution is -2.55. The highest BCUT2D eigenvalue weighted by Crippen LogP contribution is 2.61. The minimum absolute atomic E-state index is 0.0129. The lowest BCUT2D eigenvalue weighted by Gasteiger charge is -2.59. The summed E-state index contributed by atoms with van der Waals surface area (Å²) in [5.74, 6) is 3.02. The topological polar surface area (TPSA) is 54.3 Å². The second-order valence-corrected chi connectivity index (χ2v) is 14.0. The molecule has 3 rings (SSSR count). The first-order valence-electron chi connectivity index (χ1n) is 16.9. The quantitative estimate of drug-likeness (QED) is 0.229. The van der Waals surface area contributed by atoms with Crippen molar-refractivity contribution < 1.29 is 13.9 Å². The van der Waals surface area contributed by atoms with E-state index in [4.69, 9.17) is 4.74 Å². The summed E-state index contributed by atoms with van der Waals surface area (Å²) in [5, 5.41) is 9.99. The van der Waals surface area contributed by atoms with Crippen LogP contribution in [-0.2, 0) is 9.53 Å². The van der Waals surface area contributed by atoms with Gasteiger partial charge in [0.1, 0.15) is 12.4 Å². The molecule has 0 amide bonds. The molecule has 0 saturated heterocycles. The minimum atomic E-state index is -0.356. The van der Waals surface area contributed by atoms with Crippen molar-refractivity contribution in [3.05, 3.63) is 36.2 Å². The molecule has 0 aromatic carbocycles. The first kappa shape index (κ1) is 34.7. The highest BCUT2D eigenvalue weighted by Gasteiger charge is 2.56. The van der Waals surface area contributed by atoms with E-state index in [1.807, 2.05) is 7.11 Å². The largest absolute Gasteiger partial charge is 0.384 e. The molecule has 8 unspecified atom stereocenters. The molecule has 2 fully saturated rings. The van der Waals surface area contributed by atoms with E-state index >= 15 is 0 Å². The number of hydrogen-bond acceptors (Lipinski definition) is 5. The van der Waals surface area contributed by atoms with E-state index < -0.39 is 0 Å². The van der Waals surface area contributed by atoms with Gasteiger partial charge in [0.25, 0.3) is 0 Å². The van der Waals surface area contributed by atoms with Gasteiger partial charge in [-0.25, -0.2) is 4.39 Å². The fourth-order valence-corrected chi connectivity index (χ4v) is 9.38. The minimum Gasteiger partial charge on any atom is -0.384 e. The number of allylic oxidation sites excluding steroid dienone is 2. The van der Waals surface area contributed by atoms with Crippen LogP contribution < -0.4 is 0 Å². The maximum absolute atomic E-state index is 14.1. The lowest BCUT2D eigenvalue weighted by molar-refractivity contribution is -0.144. The van der Waals surface area contributed by atoms with E-state index in [1.54, 1.807) is 17.2 Å². The molecule has 0 aromatic heterocycles. The van der Waals surface area contributed by atoms with Gasteiger partial charge in [0.2, 0.25) is 0 Å². The molecule has 2 saturated carbocycles. The Hall–Kier alpha value is -1.82. The SMILES string of the molecule is C=C1/C=C\C=C(\F)CN=NN(CC(=O)C2CCCC(C3CCC(CC(C)CC)C(CC)(COC)C3CC)C2(C)CC)C1. The fourth-order valence-electron chi connectivity index (χ4n) is 9.38. The third kappa shape index (κ3) is 7.63. The van der Waals surface area contributed by atoms with Crippen LogP contribution in [0.1, 0.15) is 106 Å². The highest BCUT2D eigenvalue weighted by molar-refractivity contribution is 5.84. The van der Waals surface area contributed by atoms with Crippen molar-refractivity contribution in [2.24, 2.45) is 56.7 Å². The number of methoxy groups -OCH3 is 1. The average Bonchev–Trinajstić information content (AvgIpc) is 2.97. The summed E-state index contributed by atoms with van der Waals surface area (Å²) >= 11 is 0. The monoisotopic (exact) mass is 585 g/mol. The molecular weight excluding hydrogens is 525 g/mol. The maximum atomic E-state index is 14.1. The van der Waals surface area contributed by atoms with E-state index in [2.05, 4.69) is 58.5 Å². The van der Waals surface area contributed by atoms with Gasteiger partial charge in [0.05, 0.1) is 19.7 Å². The van der Waals surface area contributed by atoms with Crippen LogP contribution in [0.2, 0.25) is 0 Å². The van der Waals surface area contributed by atoms with Crippen LogP contribution in [0, 0.1) is 46.3 Å². The van der Waals surface area contributed by atoms with Gasteiger partial charge in [-0.3, -0.25) is 9.80 Å². The lowest BCUT2D eigenvalue weighted by atomic mass is 9.46. The number of halogens is 1. The summed E-state index contributed by atoms with van der Waals surface area (Å²) < 4.78 is 20.0. The standard InChI is InChI=1S/C36H60FN3O2/c1-9-26(5)21-28-19-20-30(31(10-2)36(28,12-4)25-42-8)32-17-14-18-33(35(32,7)11-3)34(41)24-40-23-27(6)15-13-16-29(37)22-38-39-40/h13,15-16,26,28,30-33H,6,9-12,14,17-25H2,1-5,7-8H3/b15-13-,29-16+,39-38?. The van der Waals surface area contributed by atoms with E-state index in [-0.39, 0.29) is 41.4 Å². The molecule has 1 aliphatic heterocycles. The summed E-state index contributed by atoms with van der Waals surface area (Å²) in [7, 11) is 1.89. The molecule has 3 aliphatic rings. The predicted octanol–water partition coefficient (Wildman–Crippen LogP) is 9.57. The Kier molecular flexibility index (Phi) is 13.0. The molecule has 6 heteroatoms. The smallest absolute Gasteiger partial charge is 0.157 e. The van der Waals surface area contributed by atoms with Gasteiger partial charge in [-0.2, -0.15) is 5.11 Å². The van der Waals surface area contributed by atoms with Crippen molar-refractivity contribution in [2.75, 3.05) is 33.4 Å². The van der Waals surface area contributed by atoms with Crippen molar-refractivity contribution in [1.82, 2.24) is 5.01 Å². The van der Waals surface area contributed by atoms with Crippen LogP contribution in [0.4, 0.5) is 4.39 Å². The number of carbonyl (C=O) groups excluding carboxylic acids is 1. The number of Topliss-reactive ketones (excluding diaryl/α,β-unsaturated/α-hetero) is 1. The van der Waals surface area contributed by atoms with Gasteiger partial charge < -0.3 is 4.74 Å². The summed E-state index contributed by atoms with van der Waals surface area (Å²) in [5.41, 5.74) is 0.909. The second-order valence-electron chi connectivity index (χ2n) is 14.0. The first-order chi connectivity index (χ1) is 20.1. The normalized spacial score (nSPS) is 37.1. The van der Waals surface area contributed by atoms with Crippen LogP contribution in [-0.4, -0.2) is 44.1 Å². The summed E-state index contributed by atoms with van der Waals surface area (Å²) in [6.45, 7) is 19.6. The molecule has 0 N–H and O–H groups in total. The zero-order chi connectivity index (χ0) is 30.9. The van der Waals surface area contributed by atoms with Crippen molar-refractivity contribution in [3.63, 3.8) is 0 Å². The van der Waals surface area contributed by atoms with E-state index in [9.17, 15) is 9.18 Å². The third-order valence-electron chi connectivity index (χ3n) is 11.9. The molecule has 238 valence electrons. The number of rotatable bonds is 12. The van der Waals surface area contributed by atoms with Gasteiger partial charge in [0, 0.05) is 13.0 Å². The van der Waals surface area contributed by atoms with Gasteiger partial charge in [-0.15, -0.1) is 0 Å². The third-order valence-corrected chi connectivity index (χ3v) is 11.9. The Balaban J connectivity index is 1.89. The number of ether oxygens (including phenoxy) is 1. The molecule has 2 aliphatic carbocycles. The van der Waals surface area contributed by atoms with E-state index in [1.165, 1.54) is 44.6 Å². The van der Waals surface area contributed by atoms with Crippen LogP contribution >= 0.6 is 0 Å². The summed E-state index contributed by atoms with van der Waals surface area (Å²) in [6.07, 6.45) is 16.4. The predicted molar refractivity (Wildman–Crippen MR) is 172 cm³/mol. The maximum Gasteiger partial charge on any atom is 0.157 e. The number of carbonyl (C=O) groups is 1. The summed E-state index contributed by atoms with van der Waals surface area (Å²) in [4.78, 5) is 14.1. The Morgan fingerprint density at radius 1 is 1.19 bits per heavy atom. The van der Waals surface area contributed by atoms with Crippen LogP contribution in [0.5, 0.6) is 0 Å². The molecule has 0 spiro atoms. The van der Waals surface area contributed by atoms with E-state index in [0.29, 0.717) is 30.2 Å². The number of ketones is 1. The van der Waals surface area contributed by atoms with Crippen molar-refractivity contribution in [1.29, 1.82) is 0 Å². The van der Waals surface area contributed by atoms with Crippen LogP contribution in [0.25, 0.3) is 0 Å². The number of hydrogen-bond donors (Lipinski definition) is 0. The van der Waals surface area contributed by atoms with E-state index in [0.717, 1.165) is 43.8 Å². The van der Waals surface area contributed by atoms with Crippen LogP contribution in [0.3, 0.4) is 0 Å². The van der Waals surface area contributed by atoms with Gasteiger partial charge in [-0.1, -0.05) is 84.8 Å². The highest BCUT2D eigenvalue weighted by atomic mass is 19.1. The Morgan fingerprint density at radius 3 is 2.60 bits per heavy atom. The Bertz CT molecular complexity index is 992. The Labute approximate surface area is 256 Å². The molecule has 0 radical (unpaired) electrons. The molecule has 42 heavy (non-hydrogen) atoms. The Morgan fingerprint density at radius 2 is 1.95 bits per heavy atom. The first-order valence-corrected chi connectivity index (χ1v) is 16.9. The fraction of sp³-hybridized carbons (Fsp3) is 0.806. The average molecular weight is 586 g/mol. The summed E-state index contributed by atoms with van der Waals surface area (Å²) in [6, 6.07) is 0. The second kappa shape index (κ2) is 15.8. The molecule has 5 nitrogen and oxygen atoms in total. The number of nitrogens with zero attached hydrogens (tertiary/aromatic N) is 3. The molecule has 1 heterocycles. The zero-order valence-electron chi connectivity index (χ0n) is 27.8. The van der Waals surface area contributed by atoms with Crippen molar-refractivity contribution >= 4 is 5.78 Å². The van der Waals surface area contributed by atoms with Gasteiger partial charge in [0.15, 0.2) is 5.78 Å². The molecule has 8 atom stereocenters. The van der Waals surface area contributed by atoms with Crippen molar-refractivity contribution in [3.8, 4) is 0 Å². The molecule has 0 aromatic rings. The van der Waals surface area contributed by atoms with Gasteiger partial charge in [-0.05, 0) is 97.0 Å². The molecule has 0 bridgehead atoms. The molecular formula is C36H60FN3O2. The van der Waals surface area contributed by atoms with Crippen LogP contribution in [0.15, 0.2) is 46.5 Å². The zero-order valence-corrected chi connectivity index (χ0v) is 27.8.